The molecule has 0 bridgehead atoms. The summed E-state index contributed by atoms with van der Waals surface area (Å²) in [6.45, 7) is 0. The SMILES string of the molecule is Clc1cc2nc(Cl)ccc2c(Cl)n1. The van der Waals surface area contributed by atoms with E-state index in [0.29, 0.717) is 21.0 Å². The molecule has 5 heteroatoms. The molecule has 0 saturated heterocycles. The quantitative estimate of drug-likeness (QED) is 0.650. The molecule has 2 aromatic rings. The molecule has 0 unspecified atom stereocenters. The van der Waals surface area contributed by atoms with Crippen molar-refractivity contribution >= 4 is 45.7 Å². The van der Waals surface area contributed by atoms with Crippen molar-refractivity contribution < 1.29 is 0 Å². The second-order valence-corrected chi connectivity index (χ2v) is 3.57. The van der Waals surface area contributed by atoms with Gasteiger partial charge in [0.15, 0.2) is 0 Å². The lowest BCUT2D eigenvalue weighted by molar-refractivity contribution is 1.32. The van der Waals surface area contributed by atoms with Crippen molar-refractivity contribution in [3.05, 3.63) is 33.7 Å². The molecule has 2 rings (SSSR count). The Labute approximate surface area is 89.5 Å². The molecule has 0 aromatic carbocycles. The van der Waals surface area contributed by atoms with Crippen LogP contribution in [0.1, 0.15) is 0 Å². The monoisotopic (exact) mass is 232 g/mol. The van der Waals surface area contributed by atoms with E-state index in [1.54, 1.807) is 18.2 Å². The van der Waals surface area contributed by atoms with Crippen molar-refractivity contribution in [1.29, 1.82) is 0 Å². The van der Waals surface area contributed by atoms with Gasteiger partial charge in [0.25, 0.3) is 0 Å². The van der Waals surface area contributed by atoms with Crippen LogP contribution in [0.4, 0.5) is 0 Å². The van der Waals surface area contributed by atoms with Crippen molar-refractivity contribution in [3.63, 3.8) is 0 Å². The maximum atomic E-state index is 5.84. The van der Waals surface area contributed by atoms with Gasteiger partial charge in [0.1, 0.15) is 15.5 Å². The lowest BCUT2D eigenvalue weighted by Crippen LogP contribution is -1.84. The highest BCUT2D eigenvalue weighted by atomic mass is 35.5. The van der Waals surface area contributed by atoms with Gasteiger partial charge in [0.2, 0.25) is 0 Å². The minimum Gasteiger partial charge on any atom is -0.236 e. The van der Waals surface area contributed by atoms with Crippen molar-refractivity contribution in [2.45, 2.75) is 0 Å². The first-order chi connectivity index (χ1) is 6.16. The zero-order valence-electron chi connectivity index (χ0n) is 6.26. The predicted molar refractivity (Wildman–Crippen MR) is 54.6 cm³/mol. The van der Waals surface area contributed by atoms with Crippen molar-refractivity contribution in [2.75, 3.05) is 0 Å². The number of nitrogens with zero attached hydrogens (tertiary/aromatic N) is 2. The Bertz CT molecular complexity index is 465. The summed E-state index contributed by atoms with van der Waals surface area (Å²) < 4.78 is 0. The molecule has 2 heterocycles. The van der Waals surface area contributed by atoms with E-state index in [9.17, 15) is 0 Å². The van der Waals surface area contributed by atoms with E-state index >= 15 is 0 Å². The smallest absolute Gasteiger partial charge is 0.140 e. The van der Waals surface area contributed by atoms with Crippen molar-refractivity contribution in [2.24, 2.45) is 0 Å². The van der Waals surface area contributed by atoms with Crippen molar-refractivity contribution in [3.8, 4) is 0 Å². The number of fused-ring (bicyclic) bond motifs is 1. The van der Waals surface area contributed by atoms with Crippen LogP contribution in [0.3, 0.4) is 0 Å². The largest absolute Gasteiger partial charge is 0.236 e. The van der Waals surface area contributed by atoms with Gasteiger partial charge in [-0.25, -0.2) is 9.97 Å². The molecule has 0 atom stereocenters. The Morgan fingerprint density at radius 2 is 1.69 bits per heavy atom. The Kier molecular flexibility index (Phi) is 2.28. The van der Waals surface area contributed by atoms with Crippen LogP contribution >= 0.6 is 34.8 Å². The first-order valence-corrected chi connectivity index (χ1v) is 4.58. The first-order valence-electron chi connectivity index (χ1n) is 3.45. The van der Waals surface area contributed by atoms with Crippen LogP contribution in [0, 0.1) is 0 Å². The summed E-state index contributed by atoms with van der Waals surface area (Å²) in [6, 6.07) is 5.04. The van der Waals surface area contributed by atoms with Crippen LogP contribution in [0.2, 0.25) is 15.5 Å². The van der Waals surface area contributed by atoms with Crippen molar-refractivity contribution in [1.82, 2.24) is 9.97 Å². The summed E-state index contributed by atoms with van der Waals surface area (Å²) in [4.78, 5) is 7.93. The highest BCUT2D eigenvalue weighted by Gasteiger charge is 2.03. The predicted octanol–water partition coefficient (Wildman–Crippen LogP) is 3.59. The maximum Gasteiger partial charge on any atom is 0.140 e. The Balaban J connectivity index is 2.86. The number of hydrogen-bond donors (Lipinski definition) is 0. The fourth-order valence-corrected chi connectivity index (χ4v) is 1.67. The molecule has 0 aliphatic carbocycles. The van der Waals surface area contributed by atoms with Crippen LogP contribution in [-0.2, 0) is 0 Å². The molecule has 0 radical (unpaired) electrons. The number of aromatic nitrogens is 2. The van der Waals surface area contributed by atoms with Gasteiger partial charge < -0.3 is 0 Å². The van der Waals surface area contributed by atoms with Crippen LogP contribution in [-0.4, -0.2) is 9.97 Å². The van der Waals surface area contributed by atoms with E-state index in [0.717, 1.165) is 5.39 Å². The van der Waals surface area contributed by atoms with E-state index in [1.165, 1.54) is 0 Å². The molecule has 0 N–H and O–H groups in total. The fourth-order valence-electron chi connectivity index (χ4n) is 1.03. The molecular weight excluding hydrogens is 230 g/mol. The van der Waals surface area contributed by atoms with E-state index in [2.05, 4.69) is 9.97 Å². The van der Waals surface area contributed by atoms with Gasteiger partial charge in [0, 0.05) is 11.5 Å². The third-order valence-electron chi connectivity index (χ3n) is 1.57. The minimum atomic E-state index is 0.312. The van der Waals surface area contributed by atoms with E-state index in [-0.39, 0.29) is 0 Å². The average Bonchev–Trinajstić information content (AvgIpc) is 2.02. The van der Waals surface area contributed by atoms with Gasteiger partial charge >= 0.3 is 0 Å². The van der Waals surface area contributed by atoms with E-state index in [1.807, 2.05) is 0 Å². The van der Waals surface area contributed by atoms with Gasteiger partial charge in [-0.2, -0.15) is 0 Å². The normalized spacial score (nSPS) is 10.7. The summed E-state index contributed by atoms with van der Waals surface area (Å²) in [6.07, 6.45) is 0. The van der Waals surface area contributed by atoms with Gasteiger partial charge in [-0.1, -0.05) is 34.8 Å². The summed E-state index contributed by atoms with van der Waals surface area (Å²) in [7, 11) is 0. The molecule has 0 amide bonds. The third-order valence-corrected chi connectivity index (χ3v) is 2.27. The Morgan fingerprint density at radius 1 is 0.923 bits per heavy atom. The van der Waals surface area contributed by atoms with Crippen LogP contribution in [0.25, 0.3) is 10.9 Å². The van der Waals surface area contributed by atoms with E-state index in [4.69, 9.17) is 34.8 Å². The fraction of sp³-hybridized carbons (Fsp3) is 0. The molecule has 0 spiro atoms. The Hall–Kier alpha value is -0.570. The molecule has 13 heavy (non-hydrogen) atoms. The maximum absolute atomic E-state index is 5.84. The van der Waals surface area contributed by atoms with Gasteiger partial charge in [-0.3, -0.25) is 0 Å². The van der Waals surface area contributed by atoms with Gasteiger partial charge in [-0.15, -0.1) is 0 Å². The summed E-state index contributed by atoms with van der Waals surface area (Å²) >= 11 is 17.2. The number of halogens is 3. The summed E-state index contributed by atoms with van der Waals surface area (Å²) in [5, 5.41) is 1.81. The molecule has 0 fully saturated rings. The number of rotatable bonds is 0. The number of pyridine rings is 2. The molecule has 0 aliphatic heterocycles. The first kappa shape index (κ1) is 9.00. The molecule has 0 aliphatic rings. The Morgan fingerprint density at radius 3 is 2.46 bits per heavy atom. The minimum absolute atomic E-state index is 0.312. The lowest BCUT2D eigenvalue weighted by Gasteiger charge is -1.99. The highest BCUT2D eigenvalue weighted by Crippen LogP contribution is 2.24. The number of hydrogen-bond acceptors (Lipinski definition) is 2. The highest BCUT2D eigenvalue weighted by molar-refractivity contribution is 6.36. The average molecular weight is 233 g/mol. The molecule has 66 valence electrons. The second-order valence-electron chi connectivity index (χ2n) is 2.44. The van der Waals surface area contributed by atoms with Crippen LogP contribution in [0.15, 0.2) is 18.2 Å². The zero-order valence-corrected chi connectivity index (χ0v) is 8.53. The molecule has 0 saturated carbocycles. The zero-order chi connectivity index (χ0) is 9.42. The van der Waals surface area contributed by atoms with Gasteiger partial charge in [-0.05, 0) is 12.1 Å². The lowest BCUT2D eigenvalue weighted by atomic mass is 10.3. The van der Waals surface area contributed by atoms with E-state index < -0.39 is 0 Å². The summed E-state index contributed by atoms with van der Waals surface area (Å²) in [5.74, 6) is 0. The third kappa shape index (κ3) is 1.70. The van der Waals surface area contributed by atoms with Gasteiger partial charge in [0.05, 0.1) is 5.52 Å². The van der Waals surface area contributed by atoms with Crippen LogP contribution < -0.4 is 0 Å². The second kappa shape index (κ2) is 3.29. The standard InChI is InChI=1S/C8H3Cl3N2/c9-6-2-1-4-5(12-6)3-7(10)13-8(4)11/h1-3H. The van der Waals surface area contributed by atoms with Crippen LogP contribution in [0.5, 0.6) is 0 Å². The molecular formula is C8H3Cl3N2. The summed E-state index contributed by atoms with van der Waals surface area (Å²) in [5.41, 5.74) is 0.650. The molecule has 2 aromatic heterocycles. The molecule has 2 nitrogen and oxygen atoms in total. The topological polar surface area (TPSA) is 25.8 Å².